The molecule has 1 aromatic heterocycles. The molecule has 3 aliphatic rings. The Kier molecular flexibility index (Phi) is 10.1. The van der Waals surface area contributed by atoms with Gasteiger partial charge in [-0.05, 0) is 75.2 Å². The SMILES string of the molecule is COc1cc(OC)c(Cl)c(Nc2nc3ccccc3n2N2C=NC=CC2Nc2ccc(N3CCC(N4CCCCC4)CC3)c(C(F)(F)F)c2)c1Cl. The van der Waals surface area contributed by atoms with Crippen LogP contribution in [0.25, 0.3) is 11.0 Å². The molecule has 3 aromatic carbocycles. The number of nitrogens with zero attached hydrogens (tertiary/aromatic N) is 6. The van der Waals surface area contributed by atoms with Crippen LogP contribution in [0.15, 0.2) is 65.8 Å². The molecule has 7 rings (SSSR count). The van der Waals surface area contributed by atoms with Gasteiger partial charge in [-0.3, -0.25) is 0 Å². The quantitative estimate of drug-likeness (QED) is 0.177. The van der Waals surface area contributed by atoms with Crippen molar-refractivity contribution in [3.63, 3.8) is 0 Å². The van der Waals surface area contributed by atoms with E-state index in [2.05, 4.69) is 20.5 Å². The minimum Gasteiger partial charge on any atom is -0.495 e. The number of rotatable bonds is 9. The molecule has 2 saturated heterocycles. The highest BCUT2D eigenvalue weighted by molar-refractivity contribution is 6.41. The van der Waals surface area contributed by atoms with Crippen LogP contribution in [-0.2, 0) is 6.18 Å². The summed E-state index contributed by atoms with van der Waals surface area (Å²) in [5, 5.41) is 8.66. The summed E-state index contributed by atoms with van der Waals surface area (Å²) in [6.07, 6.45) is 5.05. The van der Waals surface area contributed by atoms with Crippen LogP contribution in [0.5, 0.6) is 11.5 Å². The summed E-state index contributed by atoms with van der Waals surface area (Å²) in [5.74, 6) is 0.976. The molecule has 1 unspecified atom stereocenters. The second-order valence-electron chi connectivity index (χ2n) is 12.8. The van der Waals surface area contributed by atoms with E-state index in [0.29, 0.717) is 59.0 Å². The maximum absolute atomic E-state index is 14.7. The smallest absolute Gasteiger partial charge is 0.418 e. The minimum absolute atomic E-state index is 0.206. The van der Waals surface area contributed by atoms with Crippen LogP contribution in [0.1, 0.15) is 37.7 Å². The molecule has 0 radical (unpaired) electrons. The average molecular weight is 744 g/mol. The van der Waals surface area contributed by atoms with Gasteiger partial charge in [-0.2, -0.15) is 13.2 Å². The number of methoxy groups -OCH3 is 2. The number of ether oxygens (including phenoxy) is 2. The highest BCUT2D eigenvalue weighted by atomic mass is 35.5. The summed E-state index contributed by atoms with van der Waals surface area (Å²) in [4.78, 5) is 13.5. The van der Waals surface area contributed by atoms with Gasteiger partial charge in [0, 0.05) is 42.8 Å². The van der Waals surface area contributed by atoms with Crippen LogP contribution < -0.4 is 30.0 Å². The second-order valence-corrected chi connectivity index (χ2v) is 13.5. The van der Waals surface area contributed by atoms with E-state index in [1.807, 2.05) is 29.2 Å². The molecule has 0 aliphatic carbocycles. The molecule has 15 heteroatoms. The number of aromatic nitrogens is 2. The monoisotopic (exact) mass is 742 g/mol. The van der Waals surface area contributed by atoms with Crippen molar-refractivity contribution in [1.29, 1.82) is 0 Å². The van der Waals surface area contributed by atoms with Crippen molar-refractivity contribution < 1.29 is 22.6 Å². The van der Waals surface area contributed by atoms with E-state index in [0.717, 1.165) is 25.9 Å². The standard InChI is InChI=1S/C36H39Cl2F3N8O2/c1-50-29-21-30(51-2)33(38)34(32(29)37)45-35-44-26-8-4-5-9-28(26)49(35)48-22-42-15-12-31(48)43-23-10-11-27(25(20-23)36(39,40)41)47-18-13-24(14-19-47)46-16-6-3-7-17-46/h4-5,8-12,15,20-22,24,31,43H,3,6-7,13-14,16-19H2,1-2H3,(H,44,45). The first-order chi connectivity index (χ1) is 24.7. The van der Waals surface area contributed by atoms with E-state index in [9.17, 15) is 13.2 Å². The number of anilines is 4. The van der Waals surface area contributed by atoms with Gasteiger partial charge in [0.1, 0.15) is 34.0 Å². The molecule has 10 nitrogen and oxygen atoms in total. The summed E-state index contributed by atoms with van der Waals surface area (Å²) >= 11 is 13.4. The Bertz CT molecular complexity index is 1910. The van der Waals surface area contributed by atoms with Crippen molar-refractivity contribution in [3.8, 4) is 11.5 Å². The molecule has 0 saturated carbocycles. The number of piperidine rings is 2. The Labute approximate surface area is 304 Å². The van der Waals surface area contributed by atoms with Crippen molar-refractivity contribution in [1.82, 2.24) is 14.6 Å². The van der Waals surface area contributed by atoms with Crippen LogP contribution in [0.2, 0.25) is 10.0 Å². The molecule has 0 spiro atoms. The number of nitrogens with one attached hydrogen (secondary N) is 2. The number of halogens is 5. The van der Waals surface area contributed by atoms with Gasteiger partial charge in [-0.15, -0.1) is 0 Å². The van der Waals surface area contributed by atoms with Crippen LogP contribution in [0.4, 0.5) is 36.2 Å². The predicted molar refractivity (Wildman–Crippen MR) is 198 cm³/mol. The van der Waals surface area contributed by atoms with Crippen LogP contribution in [-0.4, -0.2) is 73.5 Å². The zero-order valence-electron chi connectivity index (χ0n) is 28.3. The Morgan fingerprint density at radius 3 is 2.27 bits per heavy atom. The maximum Gasteiger partial charge on any atom is 0.418 e. The van der Waals surface area contributed by atoms with E-state index >= 15 is 0 Å². The number of benzene rings is 3. The van der Waals surface area contributed by atoms with Gasteiger partial charge in [0.15, 0.2) is 0 Å². The maximum atomic E-state index is 14.7. The van der Waals surface area contributed by atoms with Crippen LogP contribution in [0, 0.1) is 0 Å². The molecule has 1 atom stereocenters. The van der Waals surface area contributed by atoms with Crippen molar-refractivity contribution in [3.05, 3.63) is 76.4 Å². The number of aliphatic imine (C=N–C) groups is 1. The fraction of sp³-hybridized carbons (Fsp3) is 0.389. The molecule has 270 valence electrons. The van der Waals surface area contributed by atoms with Crippen molar-refractivity contribution in [2.24, 2.45) is 4.99 Å². The van der Waals surface area contributed by atoms with Gasteiger partial charge in [-0.25, -0.2) is 19.7 Å². The first kappa shape index (κ1) is 35.1. The lowest BCUT2D eigenvalue weighted by molar-refractivity contribution is -0.137. The number of fused-ring (bicyclic) bond motifs is 1. The topological polar surface area (TPSA) is 82.4 Å². The number of imidazole rings is 1. The number of hydrogen-bond acceptors (Lipinski definition) is 9. The fourth-order valence-electron chi connectivity index (χ4n) is 7.18. The van der Waals surface area contributed by atoms with E-state index < -0.39 is 17.9 Å². The lowest BCUT2D eigenvalue weighted by atomic mass is 9.98. The third-order valence-electron chi connectivity index (χ3n) is 9.73. The van der Waals surface area contributed by atoms with Crippen LogP contribution >= 0.6 is 23.2 Å². The summed E-state index contributed by atoms with van der Waals surface area (Å²) in [7, 11) is 2.96. The molecule has 0 bridgehead atoms. The number of hydrogen-bond donors (Lipinski definition) is 2. The Morgan fingerprint density at radius 2 is 1.59 bits per heavy atom. The molecule has 0 amide bonds. The third kappa shape index (κ3) is 7.11. The molecular weight excluding hydrogens is 704 g/mol. The van der Waals surface area contributed by atoms with Gasteiger partial charge in [0.05, 0.1) is 36.5 Å². The number of likely N-dealkylation sites (tertiary alicyclic amines) is 1. The summed E-state index contributed by atoms with van der Waals surface area (Å²) in [6.45, 7) is 3.34. The van der Waals surface area contributed by atoms with Crippen molar-refractivity contribution in [2.75, 3.05) is 60.9 Å². The zero-order valence-corrected chi connectivity index (χ0v) is 29.8. The second kappa shape index (κ2) is 14.7. The molecule has 2 N–H and O–H groups in total. The van der Waals surface area contributed by atoms with Gasteiger partial charge < -0.3 is 29.9 Å². The number of alkyl halides is 3. The Balaban J connectivity index is 1.18. The normalized spacial score (nSPS) is 18.8. The van der Waals surface area contributed by atoms with Crippen molar-refractivity contribution >= 4 is 63.6 Å². The van der Waals surface area contributed by atoms with E-state index in [1.165, 1.54) is 39.5 Å². The predicted octanol–water partition coefficient (Wildman–Crippen LogP) is 8.51. The first-order valence-electron chi connectivity index (χ1n) is 17.0. The van der Waals surface area contributed by atoms with Crippen LogP contribution in [0.3, 0.4) is 0 Å². The third-order valence-corrected chi connectivity index (χ3v) is 10.5. The lowest BCUT2D eigenvalue weighted by Gasteiger charge is -2.41. The summed E-state index contributed by atoms with van der Waals surface area (Å²) in [6, 6.07) is 13.9. The van der Waals surface area contributed by atoms with Gasteiger partial charge in [-0.1, -0.05) is 41.8 Å². The summed E-state index contributed by atoms with van der Waals surface area (Å²) < 4.78 is 56.7. The van der Waals surface area contributed by atoms with Gasteiger partial charge >= 0.3 is 6.18 Å². The first-order valence-corrected chi connectivity index (χ1v) is 17.7. The Hall–Kier alpha value is -4.33. The average Bonchev–Trinajstić information content (AvgIpc) is 3.51. The van der Waals surface area contributed by atoms with E-state index in [1.54, 1.807) is 46.5 Å². The zero-order chi connectivity index (χ0) is 35.7. The fourth-order valence-corrected chi connectivity index (χ4v) is 7.77. The minimum atomic E-state index is -4.55. The highest BCUT2D eigenvalue weighted by Gasteiger charge is 2.37. The highest BCUT2D eigenvalue weighted by Crippen LogP contribution is 2.45. The molecule has 3 aliphatic heterocycles. The van der Waals surface area contributed by atoms with Gasteiger partial charge in [0.2, 0.25) is 5.95 Å². The molecule has 51 heavy (non-hydrogen) atoms. The van der Waals surface area contributed by atoms with E-state index in [-0.39, 0.29) is 15.7 Å². The lowest BCUT2D eigenvalue weighted by Crippen LogP contribution is -2.47. The molecular formula is C36H39Cl2F3N8O2. The molecule has 2 fully saturated rings. The number of para-hydroxylation sites is 2. The van der Waals surface area contributed by atoms with Gasteiger partial charge in [0.25, 0.3) is 0 Å². The largest absolute Gasteiger partial charge is 0.495 e. The van der Waals surface area contributed by atoms with Crippen molar-refractivity contribution in [2.45, 2.75) is 50.5 Å². The molecule has 4 heterocycles. The Morgan fingerprint density at radius 1 is 0.882 bits per heavy atom. The summed E-state index contributed by atoms with van der Waals surface area (Å²) in [5.41, 5.74) is 1.46. The molecule has 4 aromatic rings. The van der Waals surface area contributed by atoms with E-state index in [4.69, 9.17) is 37.7 Å².